The van der Waals surface area contributed by atoms with Crippen LogP contribution in [0, 0.1) is 0 Å². The van der Waals surface area contributed by atoms with E-state index in [2.05, 4.69) is 15.0 Å². The maximum Gasteiger partial charge on any atom is 0.332 e. The Morgan fingerprint density at radius 3 is 2.80 bits per heavy atom. The molecule has 0 aliphatic carbocycles. The van der Waals surface area contributed by atoms with Crippen molar-refractivity contribution in [3.05, 3.63) is 10.4 Å². The first-order valence-corrected chi connectivity index (χ1v) is 5.70. The van der Waals surface area contributed by atoms with Crippen molar-refractivity contribution in [2.75, 3.05) is 6.61 Å². The number of azide groups is 1. The molecule has 0 aromatic carbocycles. The highest BCUT2D eigenvalue weighted by atomic mass is 16.8. The van der Waals surface area contributed by atoms with E-state index in [1.165, 1.54) is 6.92 Å². The Bertz CT molecular complexity index is 388. The first-order chi connectivity index (χ1) is 9.42. The van der Waals surface area contributed by atoms with Gasteiger partial charge in [0.2, 0.25) is 6.29 Å². The number of rotatable bonds is 6. The van der Waals surface area contributed by atoms with Crippen molar-refractivity contribution < 1.29 is 34.4 Å². The second kappa shape index (κ2) is 7.24. The highest BCUT2D eigenvalue weighted by Crippen LogP contribution is 2.24. The fourth-order valence-electron chi connectivity index (χ4n) is 1.72. The van der Waals surface area contributed by atoms with Gasteiger partial charge in [-0.2, -0.15) is 0 Å². The topological polar surface area (TPSA) is 180 Å². The average Bonchev–Trinajstić information content (AvgIpc) is 2.42. The van der Waals surface area contributed by atoms with Crippen LogP contribution < -0.4 is 5.73 Å². The van der Waals surface area contributed by atoms with E-state index in [9.17, 15) is 9.90 Å². The number of nitrogens with zero attached hydrogens (tertiary/aromatic N) is 3. The van der Waals surface area contributed by atoms with Crippen molar-refractivity contribution >= 4 is 5.97 Å². The van der Waals surface area contributed by atoms with Crippen LogP contribution in [0.1, 0.15) is 6.92 Å². The molecular formula is C9H16N4O7. The quantitative estimate of drug-likeness (QED) is 0.197. The molecule has 1 aliphatic rings. The van der Waals surface area contributed by atoms with Crippen LogP contribution in [0.4, 0.5) is 0 Å². The van der Waals surface area contributed by atoms with Gasteiger partial charge in [-0.05, 0) is 12.5 Å². The Morgan fingerprint density at radius 1 is 1.65 bits per heavy atom. The molecule has 11 heteroatoms. The van der Waals surface area contributed by atoms with Crippen molar-refractivity contribution in [1.82, 2.24) is 0 Å². The highest BCUT2D eigenvalue weighted by molar-refractivity contribution is 5.71. The summed E-state index contributed by atoms with van der Waals surface area (Å²) in [5.41, 5.74) is 13.9. The summed E-state index contributed by atoms with van der Waals surface area (Å²) in [6, 6.07) is -1.11. The Morgan fingerprint density at radius 2 is 2.30 bits per heavy atom. The summed E-state index contributed by atoms with van der Waals surface area (Å²) in [5, 5.41) is 30.6. The minimum atomic E-state index is -1.36. The number of aliphatic hydroxyl groups excluding tert-OH is 2. The second-order valence-electron chi connectivity index (χ2n) is 4.15. The third-order valence-corrected chi connectivity index (χ3v) is 2.80. The smallest absolute Gasteiger partial charge is 0.332 e. The summed E-state index contributed by atoms with van der Waals surface area (Å²) in [4.78, 5) is 17.7. The molecule has 1 fully saturated rings. The van der Waals surface area contributed by atoms with Gasteiger partial charge in [-0.1, -0.05) is 0 Å². The number of nitrogens with two attached hydrogens (primary N) is 1. The first kappa shape index (κ1) is 16.4. The maximum absolute atomic E-state index is 10.8. The summed E-state index contributed by atoms with van der Waals surface area (Å²) in [5.74, 6) is -1.25. The molecule has 0 aromatic rings. The number of hydrogen-bond acceptors (Lipinski definition) is 8. The van der Waals surface area contributed by atoms with E-state index in [1.54, 1.807) is 0 Å². The Hall–Kier alpha value is -1.62. The number of aliphatic hydroxyl groups is 2. The lowest BCUT2D eigenvalue weighted by molar-refractivity contribution is -0.278. The average molecular weight is 292 g/mol. The molecule has 0 radical (unpaired) electrons. The number of carbonyl (C=O) groups is 1. The number of ether oxygens (including phenoxy) is 2. The van der Waals surface area contributed by atoms with Crippen LogP contribution >= 0.6 is 0 Å². The van der Waals surface area contributed by atoms with E-state index in [0.717, 1.165) is 0 Å². The molecule has 20 heavy (non-hydrogen) atoms. The zero-order valence-electron chi connectivity index (χ0n) is 10.6. The number of carboxylic acid groups (broad SMARTS) is 1. The summed E-state index contributed by atoms with van der Waals surface area (Å²) in [6.07, 6.45) is -6.16. The number of hydrogen-bond donors (Lipinski definition) is 4. The van der Waals surface area contributed by atoms with Crippen LogP contribution in [0.25, 0.3) is 10.4 Å². The molecular weight excluding hydrogens is 276 g/mol. The zero-order chi connectivity index (χ0) is 15.3. The van der Waals surface area contributed by atoms with Gasteiger partial charge in [0.05, 0.1) is 12.6 Å². The molecule has 114 valence electrons. The molecule has 11 nitrogen and oxygen atoms in total. The monoisotopic (exact) mass is 292 g/mol. The summed E-state index contributed by atoms with van der Waals surface area (Å²) in [6.45, 7) is 0.680. The van der Waals surface area contributed by atoms with E-state index in [4.69, 9.17) is 31.0 Å². The summed E-state index contributed by atoms with van der Waals surface area (Å²) < 4.78 is 10.2. The molecule has 0 spiro atoms. The van der Waals surface area contributed by atoms with Crippen molar-refractivity contribution in [3.8, 4) is 0 Å². The number of carboxylic acids is 1. The van der Waals surface area contributed by atoms with E-state index >= 15 is 0 Å². The molecule has 1 heterocycles. The van der Waals surface area contributed by atoms with Gasteiger partial charge in [0, 0.05) is 4.91 Å². The Balaban J connectivity index is 2.86. The molecule has 2 unspecified atom stereocenters. The minimum Gasteiger partial charge on any atom is -0.479 e. The molecule has 1 rings (SSSR count). The lowest BCUT2D eigenvalue weighted by atomic mass is 9.97. The molecule has 1 aliphatic heterocycles. The maximum atomic E-state index is 10.8. The normalized spacial score (nSPS) is 34.9. The number of aliphatic carboxylic acids is 1. The SMILES string of the molecule is CC(O[C@H]1[C@H](O)[C@@H](CO)OC(ON=[N+]=[N-])[C@@H]1N)C(=O)O. The van der Waals surface area contributed by atoms with Gasteiger partial charge in [0.15, 0.2) is 6.10 Å². The van der Waals surface area contributed by atoms with Crippen LogP contribution in [0.5, 0.6) is 0 Å². The predicted octanol–water partition coefficient (Wildman–Crippen LogP) is -1.51. The van der Waals surface area contributed by atoms with Crippen molar-refractivity contribution in [2.45, 2.75) is 43.7 Å². The Labute approximate surface area is 113 Å². The van der Waals surface area contributed by atoms with Gasteiger partial charge in [-0.25, -0.2) is 4.79 Å². The van der Waals surface area contributed by atoms with Crippen molar-refractivity contribution in [3.63, 3.8) is 0 Å². The van der Waals surface area contributed by atoms with Crippen molar-refractivity contribution in [2.24, 2.45) is 11.0 Å². The summed E-state index contributed by atoms with van der Waals surface area (Å²) in [7, 11) is 0. The minimum absolute atomic E-state index is 0.578. The first-order valence-electron chi connectivity index (χ1n) is 5.70. The fourth-order valence-corrected chi connectivity index (χ4v) is 1.72. The van der Waals surface area contributed by atoms with E-state index in [-0.39, 0.29) is 0 Å². The van der Waals surface area contributed by atoms with Crippen LogP contribution in [0.2, 0.25) is 0 Å². The fraction of sp³-hybridized carbons (Fsp3) is 0.889. The van der Waals surface area contributed by atoms with Crippen LogP contribution in [0.15, 0.2) is 5.28 Å². The molecule has 5 N–H and O–H groups in total. The van der Waals surface area contributed by atoms with Crippen LogP contribution in [-0.2, 0) is 19.1 Å². The van der Waals surface area contributed by atoms with Gasteiger partial charge < -0.3 is 35.4 Å². The molecule has 0 saturated carbocycles. The van der Waals surface area contributed by atoms with Gasteiger partial charge in [-0.15, -0.1) is 0 Å². The third-order valence-electron chi connectivity index (χ3n) is 2.80. The van der Waals surface area contributed by atoms with Gasteiger partial charge in [-0.3, -0.25) is 0 Å². The lowest BCUT2D eigenvalue weighted by Crippen LogP contribution is -2.63. The van der Waals surface area contributed by atoms with Gasteiger partial charge in [0.25, 0.3) is 0 Å². The van der Waals surface area contributed by atoms with E-state index in [0.29, 0.717) is 0 Å². The van der Waals surface area contributed by atoms with Gasteiger partial charge in [0.1, 0.15) is 23.6 Å². The largest absolute Gasteiger partial charge is 0.479 e. The highest BCUT2D eigenvalue weighted by Gasteiger charge is 2.46. The molecule has 0 aromatic heterocycles. The van der Waals surface area contributed by atoms with Gasteiger partial charge >= 0.3 is 5.97 Å². The second-order valence-corrected chi connectivity index (χ2v) is 4.15. The van der Waals surface area contributed by atoms with Crippen LogP contribution in [0.3, 0.4) is 0 Å². The van der Waals surface area contributed by atoms with E-state index < -0.39 is 49.3 Å². The summed E-state index contributed by atoms with van der Waals surface area (Å²) >= 11 is 0. The zero-order valence-corrected chi connectivity index (χ0v) is 10.6. The lowest BCUT2D eigenvalue weighted by Gasteiger charge is -2.41. The molecule has 0 amide bonds. The Kier molecular flexibility index (Phi) is 5.95. The standard InChI is InChI=1S/C9H16N4O7/c1-3(8(16)17)18-7-5(10)9(20-13-12-11)19-4(2-14)6(7)15/h3-7,9,14-15H,2,10H2,1H3,(H,16,17)/t3?,4-,5-,6-,7-,9?/m1/s1. The third kappa shape index (κ3) is 3.70. The predicted molar refractivity (Wildman–Crippen MR) is 61.9 cm³/mol. The molecule has 0 bridgehead atoms. The van der Waals surface area contributed by atoms with Crippen LogP contribution in [-0.4, -0.2) is 64.6 Å². The molecule has 1 saturated heterocycles. The van der Waals surface area contributed by atoms with E-state index in [1.807, 2.05) is 0 Å². The molecule has 6 atom stereocenters. The van der Waals surface area contributed by atoms with Crippen molar-refractivity contribution in [1.29, 1.82) is 0 Å².